The zero-order chi connectivity index (χ0) is 11.4. The highest BCUT2D eigenvalue weighted by Crippen LogP contribution is 2.33. The maximum Gasteiger partial charge on any atom is 0.179 e. The maximum absolute atomic E-state index is 11.4. The molecule has 5 heteroatoms. The molecule has 0 amide bonds. The molecule has 0 bridgehead atoms. The molecule has 0 spiro atoms. The summed E-state index contributed by atoms with van der Waals surface area (Å²) < 4.78 is 10.1. The molecule has 0 saturated heterocycles. The highest BCUT2D eigenvalue weighted by atomic mass is 35.5. The molecule has 0 saturated carbocycles. The maximum atomic E-state index is 11.4. The van der Waals surface area contributed by atoms with Gasteiger partial charge in [0.15, 0.2) is 17.3 Å². The second kappa shape index (κ2) is 5.24. The molecule has 0 N–H and O–H groups in total. The zero-order valence-electron chi connectivity index (χ0n) is 8.34. The van der Waals surface area contributed by atoms with Crippen LogP contribution in [0.3, 0.4) is 0 Å². The topological polar surface area (TPSA) is 35.5 Å². The molecule has 0 fully saturated rings. The number of ketones is 1. The van der Waals surface area contributed by atoms with E-state index in [0.717, 1.165) is 0 Å². The van der Waals surface area contributed by atoms with Crippen LogP contribution in [0.5, 0.6) is 11.5 Å². The van der Waals surface area contributed by atoms with Gasteiger partial charge in [-0.15, -0.1) is 11.6 Å². The monoisotopic (exact) mass is 248 g/mol. The van der Waals surface area contributed by atoms with Crippen LogP contribution in [0.1, 0.15) is 10.4 Å². The van der Waals surface area contributed by atoms with Crippen molar-refractivity contribution in [2.45, 2.75) is 0 Å². The van der Waals surface area contributed by atoms with Crippen LogP contribution in [0.2, 0.25) is 5.02 Å². The van der Waals surface area contributed by atoms with Crippen molar-refractivity contribution < 1.29 is 14.3 Å². The molecule has 0 aliphatic heterocycles. The van der Waals surface area contributed by atoms with E-state index in [1.165, 1.54) is 26.4 Å². The van der Waals surface area contributed by atoms with E-state index < -0.39 is 0 Å². The Morgan fingerprint density at radius 3 is 2.27 bits per heavy atom. The number of hydrogen-bond acceptors (Lipinski definition) is 3. The van der Waals surface area contributed by atoms with Crippen molar-refractivity contribution in [3.8, 4) is 11.5 Å². The van der Waals surface area contributed by atoms with Gasteiger partial charge in [0, 0.05) is 11.6 Å². The summed E-state index contributed by atoms with van der Waals surface area (Å²) >= 11 is 11.3. The first kappa shape index (κ1) is 12.1. The van der Waals surface area contributed by atoms with Crippen LogP contribution in [0.4, 0.5) is 0 Å². The number of methoxy groups -OCH3 is 2. The minimum Gasteiger partial charge on any atom is -0.493 e. The van der Waals surface area contributed by atoms with E-state index in [1.54, 1.807) is 0 Å². The van der Waals surface area contributed by atoms with Gasteiger partial charge >= 0.3 is 0 Å². The summed E-state index contributed by atoms with van der Waals surface area (Å²) in [5, 5.41) is 0.304. The Morgan fingerprint density at radius 1 is 1.27 bits per heavy atom. The van der Waals surface area contributed by atoms with Crippen LogP contribution in [-0.2, 0) is 0 Å². The average molecular weight is 249 g/mol. The van der Waals surface area contributed by atoms with E-state index in [0.29, 0.717) is 22.1 Å². The standard InChI is InChI=1S/C10H10Cl2O3/c1-14-9-3-6(8(13)5-11)7(12)4-10(9)15-2/h3-4H,5H2,1-2H3. The van der Waals surface area contributed by atoms with Crippen molar-refractivity contribution in [2.24, 2.45) is 0 Å². The summed E-state index contributed by atoms with van der Waals surface area (Å²) in [5.74, 6) is 0.571. The molecule has 0 heterocycles. The van der Waals surface area contributed by atoms with Crippen molar-refractivity contribution in [3.05, 3.63) is 22.7 Å². The molecule has 1 aromatic rings. The van der Waals surface area contributed by atoms with Crippen LogP contribution in [0.15, 0.2) is 12.1 Å². The van der Waals surface area contributed by atoms with Gasteiger partial charge in [-0.1, -0.05) is 11.6 Å². The van der Waals surface area contributed by atoms with Crippen molar-refractivity contribution in [1.82, 2.24) is 0 Å². The third-order valence-electron chi connectivity index (χ3n) is 1.90. The molecule has 0 aliphatic carbocycles. The number of benzene rings is 1. The van der Waals surface area contributed by atoms with Gasteiger partial charge in [-0.05, 0) is 6.07 Å². The summed E-state index contributed by atoms with van der Waals surface area (Å²) in [6.07, 6.45) is 0. The molecule has 3 nitrogen and oxygen atoms in total. The van der Waals surface area contributed by atoms with Gasteiger partial charge in [0.05, 0.1) is 25.1 Å². The number of hydrogen-bond donors (Lipinski definition) is 0. The van der Waals surface area contributed by atoms with Gasteiger partial charge in [-0.3, -0.25) is 4.79 Å². The van der Waals surface area contributed by atoms with E-state index in [-0.39, 0.29) is 11.7 Å². The van der Waals surface area contributed by atoms with E-state index in [9.17, 15) is 4.79 Å². The Morgan fingerprint density at radius 2 is 1.80 bits per heavy atom. The molecule has 0 unspecified atom stereocenters. The quantitative estimate of drug-likeness (QED) is 0.608. The molecular weight excluding hydrogens is 239 g/mol. The lowest BCUT2D eigenvalue weighted by Crippen LogP contribution is -2.02. The number of carbonyl (C=O) groups is 1. The predicted octanol–water partition coefficient (Wildman–Crippen LogP) is 2.78. The Hall–Kier alpha value is -0.930. The molecule has 1 rings (SSSR count). The third-order valence-corrected chi connectivity index (χ3v) is 2.45. The molecule has 1 aromatic carbocycles. The largest absolute Gasteiger partial charge is 0.493 e. The summed E-state index contributed by atoms with van der Waals surface area (Å²) in [5.41, 5.74) is 0.337. The van der Waals surface area contributed by atoms with Gasteiger partial charge in [-0.2, -0.15) is 0 Å². The van der Waals surface area contributed by atoms with Crippen molar-refractivity contribution in [2.75, 3.05) is 20.1 Å². The number of carbonyl (C=O) groups excluding carboxylic acids is 1. The van der Waals surface area contributed by atoms with Crippen molar-refractivity contribution in [3.63, 3.8) is 0 Å². The third kappa shape index (κ3) is 2.55. The van der Waals surface area contributed by atoms with E-state index in [4.69, 9.17) is 32.7 Å². The molecule has 0 aliphatic rings. The summed E-state index contributed by atoms with van der Waals surface area (Å²) in [6.45, 7) is 0. The highest BCUT2D eigenvalue weighted by Gasteiger charge is 2.14. The lowest BCUT2D eigenvalue weighted by Gasteiger charge is -2.10. The Bertz CT molecular complexity index is 377. The fraction of sp³-hybridized carbons (Fsp3) is 0.300. The number of ether oxygens (including phenoxy) is 2. The second-order valence-corrected chi connectivity index (χ2v) is 3.42. The summed E-state index contributed by atoms with van der Waals surface area (Å²) in [6, 6.07) is 3.05. The van der Waals surface area contributed by atoms with Crippen molar-refractivity contribution in [1.29, 1.82) is 0 Å². The normalized spacial score (nSPS) is 9.87. The van der Waals surface area contributed by atoms with Crippen LogP contribution < -0.4 is 9.47 Å². The van der Waals surface area contributed by atoms with E-state index >= 15 is 0 Å². The lowest BCUT2D eigenvalue weighted by atomic mass is 10.1. The molecule has 0 aromatic heterocycles. The number of rotatable bonds is 4. The van der Waals surface area contributed by atoms with Crippen LogP contribution in [0, 0.1) is 0 Å². The fourth-order valence-corrected chi connectivity index (χ4v) is 1.54. The van der Waals surface area contributed by atoms with Gasteiger partial charge < -0.3 is 9.47 Å². The molecule has 0 atom stereocenters. The first-order valence-corrected chi connectivity index (χ1v) is 5.06. The van der Waals surface area contributed by atoms with Crippen LogP contribution in [0.25, 0.3) is 0 Å². The second-order valence-electron chi connectivity index (χ2n) is 2.74. The smallest absolute Gasteiger partial charge is 0.179 e. The first-order chi connectivity index (χ1) is 7.13. The van der Waals surface area contributed by atoms with Gasteiger partial charge in [-0.25, -0.2) is 0 Å². The molecule has 15 heavy (non-hydrogen) atoms. The van der Waals surface area contributed by atoms with Crippen molar-refractivity contribution >= 4 is 29.0 Å². The first-order valence-electron chi connectivity index (χ1n) is 4.14. The average Bonchev–Trinajstić information content (AvgIpc) is 2.27. The number of halogens is 2. The molecule has 82 valence electrons. The Labute approximate surface area is 97.9 Å². The van der Waals surface area contributed by atoms with Gasteiger partial charge in [0.1, 0.15) is 0 Å². The molecular formula is C10H10Cl2O3. The minimum atomic E-state index is -0.248. The Kier molecular flexibility index (Phi) is 4.24. The number of Topliss-reactive ketones (excluding diaryl/α,β-unsaturated/α-hetero) is 1. The van der Waals surface area contributed by atoms with Crippen LogP contribution >= 0.6 is 23.2 Å². The minimum absolute atomic E-state index is 0.116. The van der Waals surface area contributed by atoms with Crippen LogP contribution in [-0.4, -0.2) is 25.9 Å². The molecule has 0 radical (unpaired) electrons. The van der Waals surface area contributed by atoms with E-state index in [2.05, 4.69) is 0 Å². The Balaban J connectivity index is 3.25. The zero-order valence-corrected chi connectivity index (χ0v) is 9.85. The predicted molar refractivity (Wildman–Crippen MR) is 59.6 cm³/mol. The van der Waals surface area contributed by atoms with Gasteiger partial charge in [0.25, 0.3) is 0 Å². The summed E-state index contributed by atoms with van der Waals surface area (Å²) in [7, 11) is 2.98. The number of alkyl halides is 1. The highest BCUT2D eigenvalue weighted by molar-refractivity contribution is 6.37. The van der Waals surface area contributed by atoms with E-state index in [1.807, 2.05) is 0 Å². The fourth-order valence-electron chi connectivity index (χ4n) is 1.14. The summed E-state index contributed by atoms with van der Waals surface area (Å²) in [4.78, 5) is 11.4. The lowest BCUT2D eigenvalue weighted by molar-refractivity contribution is 0.102. The SMILES string of the molecule is COc1cc(Cl)c(C(=O)CCl)cc1OC. The van der Waals surface area contributed by atoms with Gasteiger partial charge in [0.2, 0.25) is 0 Å².